The van der Waals surface area contributed by atoms with Crippen molar-refractivity contribution < 1.29 is 9.90 Å². The third-order valence-corrected chi connectivity index (χ3v) is 6.03. The Morgan fingerprint density at radius 1 is 1.35 bits per heavy atom. The normalized spacial score (nSPS) is 19.9. The molecule has 23 heavy (non-hydrogen) atoms. The van der Waals surface area contributed by atoms with Crippen LogP contribution in [0, 0.1) is 6.92 Å². The Morgan fingerprint density at radius 3 is 2.74 bits per heavy atom. The molecule has 0 radical (unpaired) electrons. The third kappa shape index (κ3) is 3.41. The number of thiophene rings is 1. The summed E-state index contributed by atoms with van der Waals surface area (Å²) in [4.78, 5) is 14.8. The number of rotatable bonds is 4. The van der Waals surface area contributed by atoms with Crippen LogP contribution in [0.3, 0.4) is 0 Å². The largest absolute Gasteiger partial charge is 0.480 e. The number of carboxylic acids is 1. The molecule has 1 aliphatic rings. The molecule has 1 fully saturated rings. The highest BCUT2D eigenvalue weighted by Gasteiger charge is 2.37. The Kier molecular flexibility index (Phi) is 4.97. The Labute approximate surface area is 149 Å². The van der Waals surface area contributed by atoms with Crippen molar-refractivity contribution in [2.24, 2.45) is 0 Å². The lowest BCUT2D eigenvalue weighted by atomic mass is 10.0. The van der Waals surface area contributed by atoms with E-state index in [9.17, 15) is 9.90 Å². The average Bonchev–Trinajstić information content (AvgIpc) is 3.13. The molecular formula is C17H17Cl2NO2S. The van der Waals surface area contributed by atoms with Crippen LogP contribution in [0.4, 0.5) is 0 Å². The van der Waals surface area contributed by atoms with Crippen LogP contribution in [-0.4, -0.2) is 28.6 Å². The number of likely N-dealkylation sites (tertiary alicyclic amines) is 1. The minimum absolute atomic E-state index is 0.105. The van der Waals surface area contributed by atoms with E-state index in [1.54, 1.807) is 17.4 Å². The smallest absolute Gasteiger partial charge is 0.320 e. The Hall–Kier alpha value is -1.07. The molecule has 0 spiro atoms. The SMILES string of the molecule is Cc1csc(C(c2ccc(Cl)c(Cl)c2)N2CCCC2C(=O)O)c1. The van der Waals surface area contributed by atoms with Gasteiger partial charge in [-0.1, -0.05) is 29.3 Å². The lowest BCUT2D eigenvalue weighted by molar-refractivity contribution is -0.142. The molecule has 1 aromatic carbocycles. The van der Waals surface area contributed by atoms with Gasteiger partial charge in [-0.3, -0.25) is 9.69 Å². The summed E-state index contributed by atoms with van der Waals surface area (Å²) in [5, 5.41) is 12.6. The van der Waals surface area contributed by atoms with Gasteiger partial charge in [0, 0.05) is 11.4 Å². The summed E-state index contributed by atoms with van der Waals surface area (Å²) < 4.78 is 0. The molecule has 2 aromatic rings. The maximum atomic E-state index is 11.6. The van der Waals surface area contributed by atoms with E-state index in [1.165, 1.54) is 5.56 Å². The topological polar surface area (TPSA) is 40.5 Å². The number of carboxylic acid groups (broad SMARTS) is 1. The van der Waals surface area contributed by atoms with Crippen LogP contribution in [0.2, 0.25) is 10.0 Å². The summed E-state index contributed by atoms with van der Waals surface area (Å²) in [6.07, 6.45) is 1.57. The number of nitrogens with zero attached hydrogens (tertiary/aromatic N) is 1. The minimum atomic E-state index is -0.763. The maximum Gasteiger partial charge on any atom is 0.320 e. The first-order valence-electron chi connectivity index (χ1n) is 7.46. The van der Waals surface area contributed by atoms with Gasteiger partial charge < -0.3 is 5.11 Å². The maximum absolute atomic E-state index is 11.6. The fourth-order valence-corrected chi connectivity index (χ4v) is 4.51. The second-order valence-electron chi connectivity index (χ2n) is 5.84. The van der Waals surface area contributed by atoms with Crippen molar-refractivity contribution in [3.05, 3.63) is 55.7 Å². The van der Waals surface area contributed by atoms with Gasteiger partial charge >= 0.3 is 5.97 Å². The molecule has 1 aliphatic heterocycles. The van der Waals surface area contributed by atoms with Gasteiger partial charge in [0.05, 0.1) is 16.1 Å². The molecule has 0 aliphatic carbocycles. The molecule has 0 amide bonds. The van der Waals surface area contributed by atoms with E-state index >= 15 is 0 Å². The molecule has 6 heteroatoms. The molecular weight excluding hydrogens is 353 g/mol. The zero-order chi connectivity index (χ0) is 16.6. The van der Waals surface area contributed by atoms with Crippen molar-refractivity contribution in [2.75, 3.05) is 6.54 Å². The molecule has 3 rings (SSSR count). The highest BCUT2D eigenvalue weighted by molar-refractivity contribution is 7.10. The molecule has 1 aromatic heterocycles. The van der Waals surface area contributed by atoms with Gasteiger partial charge in [0.2, 0.25) is 0 Å². The van der Waals surface area contributed by atoms with Gasteiger partial charge in [0.1, 0.15) is 6.04 Å². The first kappa shape index (κ1) is 16.8. The number of halogens is 2. The van der Waals surface area contributed by atoms with Crippen molar-refractivity contribution in [2.45, 2.75) is 31.8 Å². The summed E-state index contributed by atoms with van der Waals surface area (Å²) >= 11 is 13.9. The summed E-state index contributed by atoms with van der Waals surface area (Å²) in [5.74, 6) is -0.763. The van der Waals surface area contributed by atoms with Crippen molar-refractivity contribution in [1.29, 1.82) is 0 Å². The Balaban J connectivity index is 2.06. The van der Waals surface area contributed by atoms with Crippen LogP contribution in [0.5, 0.6) is 0 Å². The molecule has 122 valence electrons. The van der Waals surface area contributed by atoms with E-state index in [0.29, 0.717) is 16.5 Å². The summed E-state index contributed by atoms with van der Waals surface area (Å²) in [6.45, 7) is 2.81. The van der Waals surface area contributed by atoms with E-state index < -0.39 is 12.0 Å². The summed E-state index contributed by atoms with van der Waals surface area (Å²) in [5.41, 5.74) is 2.16. The lowest BCUT2D eigenvalue weighted by Gasteiger charge is -2.31. The van der Waals surface area contributed by atoms with Crippen LogP contribution >= 0.6 is 34.5 Å². The molecule has 1 saturated heterocycles. The van der Waals surface area contributed by atoms with E-state index in [1.807, 2.05) is 19.1 Å². The fraction of sp³-hybridized carbons (Fsp3) is 0.353. The van der Waals surface area contributed by atoms with Gasteiger partial charge in [-0.2, -0.15) is 0 Å². The van der Waals surface area contributed by atoms with Crippen molar-refractivity contribution in [3.63, 3.8) is 0 Å². The van der Waals surface area contributed by atoms with Gasteiger partial charge in [-0.05, 0) is 54.5 Å². The zero-order valence-corrected chi connectivity index (χ0v) is 15.0. The molecule has 0 saturated carbocycles. The van der Waals surface area contributed by atoms with Crippen molar-refractivity contribution in [3.8, 4) is 0 Å². The first-order valence-corrected chi connectivity index (χ1v) is 9.09. The number of benzene rings is 1. The molecule has 0 bridgehead atoms. The molecule has 2 heterocycles. The van der Waals surface area contributed by atoms with E-state index in [2.05, 4.69) is 16.3 Å². The average molecular weight is 370 g/mol. The van der Waals surface area contributed by atoms with Crippen molar-refractivity contribution >= 4 is 40.5 Å². The van der Waals surface area contributed by atoms with Gasteiger partial charge in [0.15, 0.2) is 0 Å². The second kappa shape index (κ2) is 6.81. The Morgan fingerprint density at radius 2 is 2.13 bits per heavy atom. The van der Waals surface area contributed by atoms with Crippen LogP contribution < -0.4 is 0 Å². The predicted octanol–water partition coefficient (Wildman–Crippen LogP) is 5.00. The summed E-state index contributed by atoms with van der Waals surface area (Å²) in [6, 6.07) is 7.11. The number of aliphatic carboxylic acids is 1. The number of aryl methyl sites for hydroxylation is 1. The van der Waals surface area contributed by atoms with Gasteiger partial charge in [-0.25, -0.2) is 0 Å². The second-order valence-corrected chi connectivity index (χ2v) is 7.59. The summed E-state index contributed by atoms with van der Waals surface area (Å²) in [7, 11) is 0. The van der Waals surface area contributed by atoms with Crippen LogP contribution in [0.15, 0.2) is 29.6 Å². The predicted molar refractivity (Wildman–Crippen MR) is 94.7 cm³/mol. The molecule has 1 N–H and O–H groups in total. The molecule has 3 nitrogen and oxygen atoms in total. The number of hydrogen-bond donors (Lipinski definition) is 1. The Bertz CT molecular complexity index is 731. The van der Waals surface area contributed by atoms with E-state index in [4.69, 9.17) is 23.2 Å². The number of hydrogen-bond acceptors (Lipinski definition) is 3. The van der Waals surface area contributed by atoms with E-state index in [0.717, 1.165) is 23.4 Å². The van der Waals surface area contributed by atoms with E-state index in [-0.39, 0.29) is 6.04 Å². The third-order valence-electron chi connectivity index (χ3n) is 4.19. The standard InChI is InChI=1S/C17H17Cl2NO2S/c1-10-7-15(23-9-10)16(11-4-5-12(18)13(19)8-11)20-6-2-3-14(20)17(21)22/h4-5,7-9,14,16H,2-3,6H2,1H3,(H,21,22). The highest BCUT2D eigenvalue weighted by atomic mass is 35.5. The van der Waals surface area contributed by atoms with Crippen molar-refractivity contribution in [1.82, 2.24) is 4.90 Å². The quantitative estimate of drug-likeness (QED) is 0.823. The zero-order valence-electron chi connectivity index (χ0n) is 12.6. The number of carbonyl (C=O) groups is 1. The lowest BCUT2D eigenvalue weighted by Crippen LogP contribution is -2.39. The molecule has 2 unspecified atom stereocenters. The van der Waals surface area contributed by atoms with Crippen LogP contribution in [-0.2, 0) is 4.79 Å². The molecule has 2 atom stereocenters. The van der Waals surface area contributed by atoms with Gasteiger partial charge in [-0.15, -0.1) is 11.3 Å². The first-order chi connectivity index (χ1) is 11.0. The highest BCUT2D eigenvalue weighted by Crippen LogP contribution is 2.39. The fourth-order valence-electron chi connectivity index (χ4n) is 3.16. The van der Waals surface area contributed by atoms with Crippen LogP contribution in [0.1, 0.15) is 34.9 Å². The van der Waals surface area contributed by atoms with Gasteiger partial charge in [0.25, 0.3) is 0 Å². The van der Waals surface area contributed by atoms with Crippen LogP contribution in [0.25, 0.3) is 0 Å². The minimum Gasteiger partial charge on any atom is -0.480 e. The monoisotopic (exact) mass is 369 g/mol.